The minimum atomic E-state index is -0.683. The van der Waals surface area contributed by atoms with Crippen LogP contribution >= 0.6 is 0 Å². The molecule has 1 atom stereocenters. The zero-order chi connectivity index (χ0) is 21.5. The molecule has 0 unspecified atom stereocenters. The van der Waals surface area contributed by atoms with Crippen molar-refractivity contribution in [2.75, 3.05) is 25.1 Å². The number of likely N-dealkylation sites (N-methyl/N-ethyl adjacent to an activating group) is 1. The van der Waals surface area contributed by atoms with Crippen LogP contribution in [-0.4, -0.2) is 52.7 Å². The van der Waals surface area contributed by atoms with Gasteiger partial charge in [0.2, 0.25) is 0 Å². The van der Waals surface area contributed by atoms with Crippen molar-refractivity contribution in [2.45, 2.75) is 25.9 Å². The van der Waals surface area contributed by atoms with Crippen LogP contribution in [0.1, 0.15) is 27.2 Å². The van der Waals surface area contributed by atoms with Crippen molar-refractivity contribution in [1.82, 2.24) is 14.7 Å². The first kappa shape index (κ1) is 19.4. The first-order chi connectivity index (χ1) is 15.0. The second-order valence-corrected chi connectivity index (χ2v) is 8.13. The minimum absolute atomic E-state index is 0.130. The molecule has 0 spiro atoms. The van der Waals surface area contributed by atoms with Gasteiger partial charge in [-0.05, 0) is 36.6 Å². The second-order valence-electron chi connectivity index (χ2n) is 8.13. The summed E-state index contributed by atoms with van der Waals surface area (Å²) in [6.45, 7) is 3.17. The summed E-state index contributed by atoms with van der Waals surface area (Å²) in [6, 6.07) is 15.1. The molecule has 5 rings (SSSR count). The van der Waals surface area contributed by atoms with Gasteiger partial charge in [0, 0.05) is 25.4 Å². The summed E-state index contributed by atoms with van der Waals surface area (Å²) in [5.74, 6) is 0.289. The molecule has 3 aromatic rings. The molecular weight excluding hydrogens is 392 g/mol. The average molecular weight is 416 g/mol. The number of ether oxygens (including phenoxy) is 1. The van der Waals surface area contributed by atoms with Gasteiger partial charge in [0.25, 0.3) is 11.8 Å². The largest absolute Gasteiger partial charge is 0.489 e. The standard InChI is InChI=1S/C24H24N4O3/c1-16-8-9-21-19(12-16)26(2)23(29)20(15-31-21)28-11-10-18-14-27(25-22(18)24(28)30)13-17-6-4-3-5-7-17/h3-9,12,14,20H,10-11,13,15H2,1-2H3/t20-/m0/s1. The number of anilines is 1. The Hall–Kier alpha value is -3.61. The Kier molecular flexibility index (Phi) is 4.73. The molecule has 0 aliphatic carbocycles. The second kappa shape index (κ2) is 7.58. The molecule has 158 valence electrons. The number of amides is 2. The van der Waals surface area contributed by atoms with E-state index in [0.29, 0.717) is 31.0 Å². The van der Waals surface area contributed by atoms with Crippen molar-refractivity contribution in [2.24, 2.45) is 0 Å². The van der Waals surface area contributed by atoms with E-state index in [1.54, 1.807) is 21.5 Å². The molecule has 0 saturated carbocycles. The fourth-order valence-corrected chi connectivity index (χ4v) is 4.27. The van der Waals surface area contributed by atoms with Gasteiger partial charge in [0.1, 0.15) is 18.4 Å². The molecule has 0 radical (unpaired) electrons. The van der Waals surface area contributed by atoms with E-state index in [2.05, 4.69) is 5.10 Å². The number of aryl methyl sites for hydroxylation is 1. The van der Waals surface area contributed by atoms with Crippen molar-refractivity contribution in [1.29, 1.82) is 0 Å². The number of carbonyl (C=O) groups is 2. The van der Waals surface area contributed by atoms with Crippen molar-refractivity contribution in [3.8, 4) is 5.75 Å². The third kappa shape index (κ3) is 3.46. The monoisotopic (exact) mass is 416 g/mol. The average Bonchev–Trinajstić information content (AvgIpc) is 3.14. The number of nitrogens with zero attached hydrogens (tertiary/aromatic N) is 4. The summed E-state index contributed by atoms with van der Waals surface area (Å²) in [7, 11) is 1.73. The normalized spacial score (nSPS) is 18.3. The van der Waals surface area contributed by atoms with Crippen LogP contribution in [-0.2, 0) is 17.8 Å². The van der Waals surface area contributed by atoms with Crippen LogP contribution in [0.4, 0.5) is 5.69 Å². The summed E-state index contributed by atoms with van der Waals surface area (Å²) in [6.07, 6.45) is 2.60. The van der Waals surface area contributed by atoms with E-state index < -0.39 is 6.04 Å². The molecule has 31 heavy (non-hydrogen) atoms. The summed E-state index contributed by atoms with van der Waals surface area (Å²) in [5.41, 5.74) is 4.24. The fourth-order valence-electron chi connectivity index (χ4n) is 4.27. The molecule has 0 bridgehead atoms. The highest BCUT2D eigenvalue weighted by molar-refractivity contribution is 6.03. The highest BCUT2D eigenvalue weighted by Crippen LogP contribution is 2.33. The van der Waals surface area contributed by atoms with Crippen molar-refractivity contribution < 1.29 is 14.3 Å². The third-order valence-electron chi connectivity index (χ3n) is 5.97. The van der Waals surface area contributed by atoms with E-state index in [1.165, 1.54) is 0 Å². The van der Waals surface area contributed by atoms with Gasteiger partial charge in [-0.3, -0.25) is 14.3 Å². The predicted octanol–water partition coefficient (Wildman–Crippen LogP) is 2.66. The van der Waals surface area contributed by atoms with E-state index in [9.17, 15) is 9.59 Å². The van der Waals surface area contributed by atoms with Gasteiger partial charge >= 0.3 is 0 Å². The maximum absolute atomic E-state index is 13.3. The topological polar surface area (TPSA) is 67.7 Å². The van der Waals surface area contributed by atoms with Crippen LogP contribution in [0, 0.1) is 6.92 Å². The molecule has 2 amide bonds. The number of rotatable bonds is 3. The molecule has 1 aromatic heterocycles. The van der Waals surface area contributed by atoms with Gasteiger partial charge in [0.15, 0.2) is 5.69 Å². The SMILES string of the molecule is Cc1ccc2c(c1)N(C)C(=O)[C@@H](N1CCc3cn(Cc4ccccc4)nc3C1=O)CO2. The Labute approximate surface area is 180 Å². The van der Waals surface area contributed by atoms with Crippen molar-refractivity contribution >= 4 is 17.5 Å². The van der Waals surface area contributed by atoms with Gasteiger partial charge in [-0.15, -0.1) is 0 Å². The zero-order valence-electron chi connectivity index (χ0n) is 17.6. The number of carbonyl (C=O) groups excluding carboxylic acids is 2. The Morgan fingerprint density at radius 2 is 1.94 bits per heavy atom. The van der Waals surface area contributed by atoms with E-state index >= 15 is 0 Å². The molecule has 2 aliphatic rings. The molecule has 2 aromatic carbocycles. The lowest BCUT2D eigenvalue weighted by molar-refractivity contribution is -0.123. The van der Waals surface area contributed by atoms with Crippen LogP contribution in [0.5, 0.6) is 5.75 Å². The van der Waals surface area contributed by atoms with Gasteiger partial charge in [-0.25, -0.2) is 0 Å². The van der Waals surface area contributed by atoms with Gasteiger partial charge < -0.3 is 14.5 Å². The molecule has 7 heteroatoms. The van der Waals surface area contributed by atoms with E-state index in [1.807, 2.05) is 61.7 Å². The third-order valence-corrected chi connectivity index (χ3v) is 5.97. The van der Waals surface area contributed by atoms with Crippen molar-refractivity contribution in [3.05, 3.63) is 77.1 Å². The summed E-state index contributed by atoms with van der Waals surface area (Å²) >= 11 is 0. The van der Waals surface area contributed by atoms with Gasteiger partial charge in [-0.2, -0.15) is 5.10 Å². The predicted molar refractivity (Wildman–Crippen MR) is 116 cm³/mol. The smallest absolute Gasteiger partial charge is 0.275 e. The molecular formula is C24H24N4O3. The number of fused-ring (bicyclic) bond motifs is 2. The lowest BCUT2D eigenvalue weighted by atomic mass is 10.0. The summed E-state index contributed by atoms with van der Waals surface area (Å²) in [4.78, 5) is 29.8. The first-order valence-electron chi connectivity index (χ1n) is 10.4. The summed E-state index contributed by atoms with van der Waals surface area (Å²) in [5, 5.41) is 4.55. The Bertz CT molecular complexity index is 1150. The van der Waals surface area contributed by atoms with Crippen LogP contribution in [0.25, 0.3) is 0 Å². The van der Waals surface area contributed by atoms with Crippen LogP contribution in [0.15, 0.2) is 54.7 Å². The van der Waals surface area contributed by atoms with Gasteiger partial charge in [-0.1, -0.05) is 36.4 Å². The molecule has 0 N–H and O–H groups in total. The Morgan fingerprint density at radius 3 is 2.74 bits per heavy atom. The molecule has 7 nitrogen and oxygen atoms in total. The minimum Gasteiger partial charge on any atom is -0.489 e. The van der Waals surface area contributed by atoms with E-state index in [4.69, 9.17) is 4.74 Å². The fraction of sp³-hybridized carbons (Fsp3) is 0.292. The van der Waals surface area contributed by atoms with Crippen LogP contribution < -0.4 is 9.64 Å². The van der Waals surface area contributed by atoms with E-state index in [0.717, 1.165) is 22.4 Å². The highest BCUT2D eigenvalue weighted by Gasteiger charge is 2.39. The number of hydrogen-bond acceptors (Lipinski definition) is 4. The molecule has 3 heterocycles. The first-order valence-corrected chi connectivity index (χ1v) is 10.4. The van der Waals surface area contributed by atoms with Crippen LogP contribution in [0.2, 0.25) is 0 Å². The molecule has 2 aliphatic heterocycles. The maximum atomic E-state index is 13.3. The van der Waals surface area contributed by atoms with Crippen LogP contribution in [0.3, 0.4) is 0 Å². The molecule has 0 saturated heterocycles. The number of benzene rings is 2. The van der Waals surface area contributed by atoms with Gasteiger partial charge in [0.05, 0.1) is 12.2 Å². The Morgan fingerprint density at radius 1 is 1.13 bits per heavy atom. The summed E-state index contributed by atoms with van der Waals surface area (Å²) < 4.78 is 7.75. The zero-order valence-corrected chi connectivity index (χ0v) is 17.6. The lowest BCUT2D eigenvalue weighted by Crippen LogP contribution is -2.54. The van der Waals surface area contributed by atoms with E-state index in [-0.39, 0.29) is 18.4 Å². The molecule has 0 fully saturated rings. The maximum Gasteiger partial charge on any atom is 0.275 e. The quantitative estimate of drug-likeness (QED) is 0.658. The highest BCUT2D eigenvalue weighted by atomic mass is 16.5. The number of aromatic nitrogens is 2. The number of hydrogen-bond donors (Lipinski definition) is 0. The lowest BCUT2D eigenvalue weighted by Gasteiger charge is -2.33. The van der Waals surface area contributed by atoms with Crippen molar-refractivity contribution in [3.63, 3.8) is 0 Å². The Balaban J connectivity index is 1.39.